The van der Waals surface area contributed by atoms with Gasteiger partial charge in [0.15, 0.2) is 6.10 Å². The Balaban J connectivity index is 1.69. The summed E-state index contributed by atoms with van der Waals surface area (Å²) in [5.74, 6) is -0.404. The second-order valence-electron chi connectivity index (χ2n) is 7.33. The molecule has 0 saturated heterocycles. The first-order valence-corrected chi connectivity index (χ1v) is 8.65. The van der Waals surface area contributed by atoms with Gasteiger partial charge in [0.1, 0.15) is 5.82 Å². The molecule has 3 rings (SSSR count). The van der Waals surface area contributed by atoms with E-state index in [1.807, 2.05) is 12.1 Å². The standard InChI is InChI=1S/C21H21FN2O3/c1-13(18-23-24-19(27-18)14-7-11-17(22)12-8-14)26-20(25)15-5-9-16(10-6-15)21(2,3)4/h5-13H,1-4H3/t13-/m1/s1. The number of hydrogen-bond donors (Lipinski definition) is 0. The third-order valence-corrected chi connectivity index (χ3v) is 4.15. The maximum Gasteiger partial charge on any atom is 0.338 e. The van der Waals surface area contributed by atoms with E-state index in [-0.39, 0.29) is 23.0 Å². The van der Waals surface area contributed by atoms with E-state index in [0.29, 0.717) is 11.1 Å². The molecule has 1 aromatic heterocycles. The Kier molecular flexibility index (Phi) is 5.08. The van der Waals surface area contributed by atoms with Crippen LogP contribution in [0.1, 0.15) is 55.6 Å². The summed E-state index contributed by atoms with van der Waals surface area (Å²) in [4.78, 5) is 12.3. The van der Waals surface area contributed by atoms with Crippen LogP contribution in [0.4, 0.5) is 4.39 Å². The van der Waals surface area contributed by atoms with Crippen molar-refractivity contribution in [3.05, 3.63) is 71.4 Å². The number of benzene rings is 2. The number of ether oxygens (including phenoxy) is 1. The fourth-order valence-corrected chi connectivity index (χ4v) is 2.49. The first-order chi connectivity index (χ1) is 12.7. The third kappa shape index (κ3) is 4.39. The molecule has 2 aromatic carbocycles. The minimum absolute atomic E-state index is 0.0102. The fraction of sp³-hybridized carbons (Fsp3) is 0.286. The fourth-order valence-electron chi connectivity index (χ4n) is 2.49. The van der Waals surface area contributed by atoms with E-state index in [9.17, 15) is 9.18 Å². The maximum absolute atomic E-state index is 13.0. The molecule has 5 nitrogen and oxygen atoms in total. The summed E-state index contributed by atoms with van der Waals surface area (Å²) in [6.45, 7) is 7.98. The molecule has 6 heteroatoms. The molecule has 0 unspecified atom stereocenters. The van der Waals surface area contributed by atoms with Gasteiger partial charge < -0.3 is 9.15 Å². The number of halogens is 1. The Morgan fingerprint density at radius 1 is 1.04 bits per heavy atom. The van der Waals surface area contributed by atoms with Crippen LogP contribution in [0.5, 0.6) is 0 Å². The topological polar surface area (TPSA) is 65.2 Å². The van der Waals surface area contributed by atoms with Crippen LogP contribution in [0, 0.1) is 5.82 Å². The first-order valence-electron chi connectivity index (χ1n) is 8.65. The number of nitrogens with zero attached hydrogens (tertiary/aromatic N) is 2. The monoisotopic (exact) mass is 368 g/mol. The summed E-state index contributed by atoms with van der Waals surface area (Å²) >= 11 is 0. The lowest BCUT2D eigenvalue weighted by Gasteiger charge is -2.19. The van der Waals surface area contributed by atoms with Gasteiger partial charge in [-0.2, -0.15) is 0 Å². The van der Waals surface area contributed by atoms with Crippen LogP contribution in [0.3, 0.4) is 0 Å². The van der Waals surface area contributed by atoms with E-state index >= 15 is 0 Å². The SMILES string of the molecule is C[C@@H](OC(=O)c1ccc(C(C)(C)C)cc1)c1nnc(-c2ccc(F)cc2)o1. The Labute approximate surface area is 157 Å². The van der Waals surface area contributed by atoms with E-state index < -0.39 is 12.1 Å². The quantitative estimate of drug-likeness (QED) is 0.600. The molecule has 0 aliphatic heterocycles. The highest BCUT2D eigenvalue weighted by molar-refractivity contribution is 5.89. The van der Waals surface area contributed by atoms with Crippen LogP contribution in [0.15, 0.2) is 52.9 Å². The van der Waals surface area contributed by atoms with E-state index in [4.69, 9.17) is 9.15 Å². The van der Waals surface area contributed by atoms with Gasteiger partial charge in [-0.15, -0.1) is 10.2 Å². The lowest BCUT2D eigenvalue weighted by molar-refractivity contribution is 0.0280. The Morgan fingerprint density at radius 3 is 2.26 bits per heavy atom. The average Bonchev–Trinajstić information content (AvgIpc) is 3.12. The second-order valence-corrected chi connectivity index (χ2v) is 7.33. The van der Waals surface area contributed by atoms with Gasteiger partial charge in [-0.3, -0.25) is 0 Å². The summed E-state index contributed by atoms with van der Waals surface area (Å²) in [6, 6.07) is 13.0. The third-order valence-electron chi connectivity index (χ3n) is 4.15. The molecule has 0 spiro atoms. The second kappa shape index (κ2) is 7.31. The van der Waals surface area contributed by atoms with E-state index in [1.54, 1.807) is 31.2 Å². The van der Waals surface area contributed by atoms with Gasteiger partial charge >= 0.3 is 5.97 Å². The first kappa shape index (κ1) is 18.8. The van der Waals surface area contributed by atoms with Crippen molar-refractivity contribution < 1.29 is 18.3 Å². The molecule has 1 heterocycles. The number of rotatable bonds is 4. The summed E-state index contributed by atoms with van der Waals surface area (Å²) in [6.07, 6.45) is -0.707. The molecular formula is C21H21FN2O3. The average molecular weight is 368 g/mol. The smallest absolute Gasteiger partial charge is 0.338 e. The predicted molar refractivity (Wildman–Crippen MR) is 98.7 cm³/mol. The van der Waals surface area contributed by atoms with Crippen molar-refractivity contribution in [2.45, 2.75) is 39.2 Å². The molecular weight excluding hydrogens is 347 g/mol. The molecule has 140 valence electrons. The molecule has 0 amide bonds. The molecule has 3 aromatic rings. The van der Waals surface area contributed by atoms with Gasteiger partial charge in [-0.25, -0.2) is 9.18 Å². The number of hydrogen-bond acceptors (Lipinski definition) is 5. The molecule has 0 bridgehead atoms. The summed E-state index contributed by atoms with van der Waals surface area (Å²) in [7, 11) is 0. The lowest BCUT2D eigenvalue weighted by Crippen LogP contribution is -2.13. The molecule has 27 heavy (non-hydrogen) atoms. The Hall–Kier alpha value is -3.02. The summed E-state index contributed by atoms with van der Waals surface area (Å²) in [5, 5.41) is 7.85. The predicted octanol–water partition coefficient (Wildman–Crippen LogP) is 5.09. The minimum atomic E-state index is -0.707. The highest BCUT2D eigenvalue weighted by Gasteiger charge is 2.21. The van der Waals surface area contributed by atoms with Crippen molar-refractivity contribution in [3.8, 4) is 11.5 Å². The molecule has 0 saturated carbocycles. The zero-order valence-electron chi connectivity index (χ0n) is 15.7. The zero-order chi connectivity index (χ0) is 19.6. The van der Waals surface area contributed by atoms with Gasteiger partial charge in [0.05, 0.1) is 5.56 Å². The highest BCUT2D eigenvalue weighted by atomic mass is 19.1. The van der Waals surface area contributed by atoms with Gasteiger partial charge in [0.25, 0.3) is 5.89 Å². The van der Waals surface area contributed by atoms with Crippen LogP contribution in [0.2, 0.25) is 0 Å². The van der Waals surface area contributed by atoms with Crippen LogP contribution in [0.25, 0.3) is 11.5 Å². The Morgan fingerprint density at radius 2 is 1.67 bits per heavy atom. The molecule has 1 atom stereocenters. The zero-order valence-corrected chi connectivity index (χ0v) is 15.7. The molecule has 0 fully saturated rings. The Bertz CT molecular complexity index is 925. The highest BCUT2D eigenvalue weighted by Crippen LogP contribution is 2.25. The van der Waals surface area contributed by atoms with E-state index in [0.717, 1.165) is 5.56 Å². The number of carbonyl (C=O) groups excluding carboxylic acids is 1. The van der Waals surface area contributed by atoms with Crippen LogP contribution < -0.4 is 0 Å². The van der Waals surface area contributed by atoms with Crippen LogP contribution in [-0.4, -0.2) is 16.2 Å². The maximum atomic E-state index is 13.0. The molecule has 0 radical (unpaired) electrons. The van der Waals surface area contributed by atoms with Crippen molar-refractivity contribution in [2.75, 3.05) is 0 Å². The van der Waals surface area contributed by atoms with Crippen molar-refractivity contribution in [1.29, 1.82) is 0 Å². The van der Waals surface area contributed by atoms with Gasteiger partial charge in [-0.1, -0.05) is 32.9 Å². The summed E-state index contributed by atoms with van der Waals surface area (Å²) < 4.78 is 24.0. The minimum Gasteiger partial charge on any atom is -0.449 e. The number of esters is 1. The van der Waals surface area contributed by atoms with Crippen molar-refractivity contribution in [1.82, 2.24) is 10.2 Å². The largest absolute Gasteiger partial charge is 0.449 e. The summed E-state index contributed by atoms with van der Waals surface area (Å²) in [5.41, 5.74) is 2.18. The van der Waals surface area contributed by atoms with Crippen molar-refractivity contribution in [3.63, 3.8) is 0 Å². The van der Waals surface area contributed by atoms with Crippen molar-refractivity contribution in [2.24, 2.45) is 0 Å². The van der Waals surface area contributed by atoms with E-state index in [2.05, 4.69) is 31.0 Å². The van der Waals surface area contributed by atoms with Crippen molar-refractivity contribution >= 4 is 5.97 Å². The van der Waals surface area contributed by atoms with Gasteiger partial charge in [0.2, 0.25) is 5.89 Å². The van der Waals surface area contributed by atoms with E-state index in [1.165, 1.54) is 12.1 Å². The number of aromatic nitrogens is 2. The normalized spacial score (nSPS) is 12.6. The van der Waals surface area contributed by atoms with Crippen LogP contribution in [-0.2, 0) is 10.2 Å². The molecule has 0 aliphatic rings. The molecule has 0 aliphatic carbocycles. The van der Waals surface area contributed by atoms with Gasteiger partial charge in [-0.05, 0) is 54.3 Å². The van der Waals surface area contributed by atoms with Gasteiger partial charge in [0, 0.05) is 5.56 Å². The van der Waals surface area contributed by atoms with Crippen LogP contribution >= 0.6 is 0 Å². The lowest BCUT2D eigenvalue weighted by atomic mass is 9.87. The number of carbonyl (C=O) groups is 1. The molecule has 0 N–H and O–H groups in total.